The van der Waals surface area contributed by atoms with Gasteiger partial charge < -0.3 is 5.32 Å². The molecule has 18 heavy (non-hydrogen) atoms. The Morgan fingerprint density at radius 1 is 1.39 bits per heavy atom. The molecule has 98 valence electrons. The van der Waals surface area contributed by atoms with Crippen molar-refractivity contribution in [2.75, 3.05) is 13.1 Å². The van der Waals surface area contributed by atoms with E-state index < -0.39 is 0 Å². The summed E-state index contributed by atoms with van der Waals surface area (Å²) in [5.74, 6) is 0.215. The van der Waals surface area contributed by atoms with Crippen molar-refractivity contribution in [2.45, 2.75) is 44.7 Å². The molecule has 2 saturated heterocycles. The molecule has 3 heterocycles. The number of piperidine rings is 1. The zero-order chi connectivity index (χ0) is 12.6. The summed E-state index contributed by atoms with van der Waals surface area (Å²) >= 11 is 1.63. The Hall–Kier alpha value is -1.01. The molecule has 0 bridgehead atoms. The van der Waals surface area contributed by atoms with Gasteiger partial charge in [-0.25, -0.2) is 0 Å². The van der Waals surface area contributed by atoms with Crippen molar-refractivity contribution >= 4 is 17.2 Å². The Bertz CT molecular complexity index is 461. The second-order valence-electron chi connectivity index (χ2n) is 5.13. The van der Waals surface area contributed by atoms with Gasteiger partial charge in [-0.05, 0) is 39.2 Å². The highest BCUT2D eigenvalue weighted by molar-refractivity contribution is 7.11. The van der Waals surface area contributed by atoms with Crippen LogP contribution in [0.1, 0.15) is 35.7 Å². The van der Waals surface area contributed by atoms with Crippen molar-refractivity contribution in [3.05, 3.63) is 10.0 Å². The number of nitrogens with one attached hydrogen (secondary N) is 1. The number of likely N-dealkylation sites (tertiary alicyclic amines) is 1. The summed E-state index contributed by atoms with van der Waals surface area (Å²) in [7, 11) is 0. The zero-order valence-electron chi connectivity index (χ0n) is 10.6. The van der Waals surface area contributed by atoms with Crippen molar-refractivity contribution in [2.24, 2.45) is 0 Å². The van der Waals surface area contributed by atoms with Crippen molar-refractivity contribution in [1.29, 1.82) is 0 Å². The molecule has 1 spiro atoms. The van der Waals surface area contributed by atoms with Gasteiger partial charge in [0.25, 0.3) is 0 Å². The summed E-state index contributed by atoms with van der Waals surface area (Å²) in [4.78, 5) is 14.5. The van der Waals surface area contributed by atoms with Gasteiger partial charge in [-0.2, -0.15) is 0 Å². The maximum atomic E-state index is 12.2. The molecule has 1 atom stereocenters. The van der Waals surface area contributed by atoms with Crippen LogP contribution in [0.4, 0.5) is 0 Å². The lowest BCUT2D eigenvalue weighted by molar-refractivity contribution is -0.134. The molecule has 6 heteroatoms. The first-order valence-electron chi connectivity index (χ1n) is 6.53. The molecule has 0 radical (unpaired) electrons. The van der Waals surface area contributed by atoms with Crippen LogP contribution in [0.3, 0.4) is 0 Å². The summed E-state index contributed by atoms with van der Waals surface area (Å²) in [6.45, 7) is 4.55. The summed E-state index contributed by atoms with van der Waals surface area (Å²) in [5.41, 5.74) is -0.266. The number of aryl methyl sites for hydroxylation is 1. The minimum absolute atomic E-state index is 0.215. The first-order valence-corrected chi connectivity index (χ1v) is 7.35. The Kier molecular flexibility index (Phi) is 3.07. The molecule has 5 nitrogen and oxygen atoms in total. The molecule has 0 aliphatic carbocycles. The number of rotatable bonds is 2. The third-order valence-electron chi connectivity index (χ3n) is 3.99. The van der Waals surface area contributed by atoms with Gasteiger partial charge in [0, 0.05) is 6.54 Å². The molecule has 1 unspecified atom stereocenters. The fraction of sp³-hybridized carbons (Fsp3) is 0.750. The van der Waals surface area contributed by atoms with E-state index in [-0.39, 0.29) is 11.4 Å². The molecular weight excluding hydrogens is 248 g/mol. The number of nitrogens with zero attached hydrogens (tertiary/aromatic N) is 3. The second kappa shape index (κ2) is 4.59. The first kappa shape index (κ1) is 12.0. The molecule has 1 N–H and O–H groups in total. The van der Waals surface area contributed by atoms with Gasteiger partial charge in [-0.1, -0.05) is 0 Å². The zero-order valence-corrected chi connectivity index (χ0v) is 11.4. The van der Waals surface area contributed by atoms with E-state index in [0.717, 1.165) is 55.3 Å². The minimum Gasteiger partial charge on any atom is -0.354 e. The number of amides is 1. The van der Waals surface area contributed by atoms with E-state index in [1.165, 1.54) is 0 Å². The van der Waals surface area contributed by atoms with Crippen LogP contribution < -0.4 is 5.32 Å². The van der Waals surface area contributed by atoms with Crippen LogP contribution in [0.5, 0.6) is 0 Å². The maximum absolute atomic E-state index is 12.2. The summed E-state index contributed by atoms with van der Waals surface area (Å²) in [6, 6.07) is 0. The Labute approximate surface area is 111 Å². The number of hydrogen-bond acceptors (Lipinski definition) is 5. The van der Waals surface area contributed by atoms with E-state index in [9.17, 15) is 4.79 Å². The van der Waals surface area contributed by atoms with Crippen molar-refractivity contribution in [3.8, 4) is 0 Å². The highest BCUT2D eigenvalue weighted by Gasteiger charge is 2.48. The summed E-state index contributed by atoms with van der Waals surface area (Å²) in [6.07, 6.45) is 4.15. The predicted molar refractivity (Wildman–Crippen MR) is 69.3 cm³/mol. The topological polar surface area (TPSA) is 58.1 Å². The SMILES string of the molecule is Cc1nnc(CN2CCCC23CCCNC3=O)s1. The van der Waals surface area contributed by atoms with Crippen molar-refractivity contribution in [3.63, 3.8) is 0 Å². The van der Waals surface area contributed by atoms with Crippen LogP contribution >= 0.6 is 11.3 Å². The highest BCUT2D eigenvalue weighted by Crippen LogP contribution is 2.36. The lowest BCUT2D eigenvalue weighted by Gasteiger charge is -2.39. The molecule has 2 fully saturated rings. The van der Waals surface area contributed by atoms with Gasteiger partial charge in [0.15, 0.2) is 0 Å². The Morgan fingerprint density at radius 2 is 2.22 bits per heavy atom. The lowest BCUT2D eigenvalue weighted by atomic mass is 9.86. The average Bonchev–Trinajstić information content (AvgIpc) is 2.93. The van der Waals surface area contributed by atoms with Gasteiger partial charge in [0.05, 0.1) is 6.54 Å². The highest BCUT2D eigenvalue weighted by atomic mass is 32.1. The van der Waals surface area contributed by atoms with Crippen molar-refractivity contribution < 1.29 is 4.79 Å². The van der Waals surface area contributed by atoms with Crippen LogP contribution in [0.2, 0.25) is 0 Å². The van der Waals surface area contributed by atoms with E-state index in [1.54, 1.807) is 11.3 Å². The van der Waals surface area contributed by atoms with Crippen LogP contribution in [0.25, 0.3) is 0 Å². The number of carbonyl (C=O) groups is 1. The fourth-order valence-corrected chi connectivity index (χ4v) is 3.86. The second-order valence-corrected chi connectivity index (χ2v) is 6.40. The fourth-order valence-electron chi connectivity index (χ4n) is 3.13. The van der Waals surface area contributed by atoms with E-state index in [2.05, 4.69) is 20.4 Å². The van der Waals surface area contributed by atoms with Gasteiger partial charge in [-0.15, -0.1) is 21.5 Å². The smallest absolute Gasteiger partial charge is 0.240 e. The lowest BCUT2D eigenvalue weighted by Crippen LogP contribution is -2.58. The molecule has 2 aliphatic heterocycles. The van der Waals surface area contributed by atoms with Crippen molar-refractivity contribution in [1.82, 2.24) is 20.4 Å². The quantitative estimate of drug-likeness (QED) is 0.870. The normalized spacial score (nSPS) is 28.8. The van der Waals surface area contributed by atoms with E-state index in [0.29, 0.717) is 0 Å². The molecular formula is C12H18N4OS. The molecule has 0 saturated carbocycles. The first-order chi connectivity index (χ1) is 8.71. The van der Waals surface area contributed by atoms with Gasteiger partial charge in [0.2, 0.25) is 5.91 Å². The van der Waals surface area contributed by atoms with Crippen LogP contribution in [0.15, 0.2) is 0 Å². The molecule has 2 aliphatic rings. The number of hydrogen-bond donors (Lipinski definition) is 1. The van der Waals surface area contributed by atoms with E-state index in [4.69, 9.17) is 0 Å². The van der Waals surface area contributed by atoms with Crippen LogP contribution in [0, 0.1) is 6.92 Å². The van der Waals surface area contributed by atoms with E-state index in [1.807, 2.05) is 6.92 Å². The van der Waals surface area contributed by atoms with Gasteiger partial charge >= 0.3 is 0 Å². The molecule has 3 rings (SSSR count). The molecule has 1 aromatic heterocycles. The standard InChI is InChI=1S/C12H18N4OS/c1-9-14-15-10(18-9)8-16-7-3-5-12(16)4-2-6-13-11(12)17/h2-8H2,1H3,(H,13,17). The summed E-state index contributed by atoms with van der Waals surface area (Å²) < 4.78 is 0. The van der Waals surface area contributed by atoms with E-state index >= 15 is 0 Å². The largest absolute Gasteiger partial charge is 0.354 e. The molecule has 1 amide bonds. The maximum Gasteiger partial charge on any atom is 0.240 e. The molecule has 0 aromatic carbocycles. The third-order valence-corrected chi connectivity index (χ3v) is 4.82. The van der Waals surface area contributed by atoms with Gasteiger partial charge in [0.1, 0.15) is 15.6 Å². The monoisotopic (exact) mass is 266 g/mol. The van der Waals surface area contributed by atoms with Crippen LogP contribution in [-0.2, 0) is 11.3 Å². The predicted octanol–water partition coefficient (Wildman–Crippen LogP) is 1.09. The number of carbonyl (C=O) groups excluding carboxylic acids is 1. The minimum atomic E-state index is -0.266. The average molecular weight is 266 g/mol. The Morgan fingerprint density at radius 3 is 2.94 bits per heavy atom. The van der Waals surface area contributed by atoms with Gasteiger partial charge in [-0.3, -0.25) is 9.69 Å². The Balaban J connectivity index is 1.80. The number of aromatic nitrogens is 2. The van der Waals surface area contributed by atoms with Crippen LogP contribution in [-0.4, -0.2) is 39.6 Å². The third kappa shape index (κ3) is 1.93. The summed E-state index contributed by atoms with van der Waals surface area (Å²) in [5, 5.41) is 13.3. The molecule has 1 aromatic rings.